The molecule has 1 atom stereocenters. The van der Waals surface area contributed by atoms with E-state index in [1.165, 1.54) is 11.1 Å². The van der Waals surface area contributed by atoms with Gasteiger partial charge in [-0.1, -0.05) is 57.2 Å². The van der Waals surface area contributed by atoms with E-state index in [1.807, 2.05) is 24.3 Å². The number of benzene rings is 2. The summed E-state index contributed by atoms with van der Waals surface area (Å²) in [5, 5.41) is 0. The number of hydrogen-bond donors (Lipinski definition) is 0. The molecule has 0 spiro atoms. The van der Waals surface area contributed by atoms with Crippen molar-refractivity contribution in [3.63, 3.8) is 0 Å². The number of carbonyl (C=O) groups excluding carboxylic acids is 1. The van der Waals surface area contributed by atoms with Crippen LogP contribution in [0.5, 0.6) is 5.75 Å². The number of ether oxygens (including phenoxy) is 1. The molecule has 2 nitrogen and oxygen atoms in total. The normalized spacial score (nSPS) is 12.7. The van der Waals surface area contributed by atoms with Gasteiger partial charge in [0.2, 0.25) is 0 Å². The highest BCUT2D eigenvalue weighted by Gasteiger charge is 2.15. The van der Waals surface area contributed by atoms with Gasteiger partial charge >= 0.3 is 0 Å². The average molecular weight is 296 g/mol. The van der Waals surface area contributed by atoms with Crippen molar-refractivity contribution >= 4 is 6.29 Å². The minimum atomic E-state index is -0.119. The molecule has 0 aliphatic heterocycles. The van der Waals surface area contributed by atoms with Gasteiger partial charge in [-0.15, -0.1) is 0 Å². The molecular weight excluding hydrogens is 272 g/mol. The van der Waals surface area contributed by atoms with Gasteiger partial charge in [-0.3, -0.25) is 0 Å². The predicted octanol–water partition coefficient (Wildman–Crippen LogP) is 4.52. The van der Waals surface area contributed by atoms with Crippen molar-refractivity contribution in [3.8, 4) is 5.75 Å². The van der Waals surface area contributed by atoms with Crippen molar-refractivity contribution in [1.82, 2.24) is 0 Å². The fourth-order valence-corrected chi connectivity index (χ4v) is 2.49. The zero-order valence-corrected chi connectivity index (χ0v) is 13.8. The molecule has 0 N–H and O–H groups in total. The van der Waals surface area contributed by atoms with Crippen molar-refractivity contribution < 1.29 is 9.53 Å². The maximum absolute atomic E-state index is 11.5. The van der Waals surface area contributed by atoms with E-state index in [0.29, 0.717) is 0 Å². The van der Waals surface area contributed by atoms with Gasteiger partial charge in [0.05, 0.1) is 7.11 Å². The Bertz CT molecular complexity index is 604. The lowest BCUT2D eigenvalue weighted by molar-refractivity contribution is -0.109. The first-order valence-corrected chi connectivity index (χ1v) is 7.62. The van der Waals surface area contributed by atoms with Crippen LogP contribution in [0.1, 0.15) is 43.4 Å². The lowest BCUT2D eigenvalue weighted by Crippen LogP contribution is -2.11. The van der Waals surface area contributed by atoms with E-state index in [1.54, 1.807) is 7.11 Å². The Kier molecular flexibility index (Phi) is 5.02. The Morgan fingerprint density at radius 2 is 1.59 bits per heavy atom. The number of rotatable bonds is 5. The third-order valence-electron chi connectivity index (χ3n) is 3.98. The molecular formula is C20H24O2. The maximum atomic E-state index is 11.5. The monoisotopic (exact) mass is 296 g/mol. The van der Waals surface area contributed by atoms with Gasteiger partial charge < -0.3 is 9.53 Å². The Morgan fingerprint density at radius 1 is 1.00 bits per heavy atom. The lowest BCUT2D eigenvalue weighted by Gasteiger charge is -2.19. The number of methoxy groups -OCH3 is 1. The Hall–Kier alpha value is -2.09. The predicted molar refractivity (Wildman–Crippen MR) is 90.6 cm³/mol. The quantitative estimate of drug-likeness (QED) is 0.758. The number of aldehydes is 1. The van der Waals surface area contributed by atoms with Crippen LogP contribution in [0.15, 0.2) is 48.5 Å². The SMILES string of the molecule is COc1ccc(C(C=O)Cc2ccc(C(C)(C)C)cc2)cc1. The molecule has 0 heterocycles. The first-order valence-electron chi connectivity index (χ1n) is 7.62. The lowest BCUT2D eigenvalue weighted by atomic mass is 9.85. The molecule has 116 valence electrons. The molecule has 0 bridgehead atoms. The van der Waals surface area contributed by atoms with E-state index < -0.39 is 0 Å². The van der Waals surface area contributed by atoms with E-state index in [2.05, 4.69) is 45.0 Å². The van der Waals surface area contributed by atoms with Crippen molar-refractivity contribution in [3.05, 3.63) is 65.2 Å². The van der Waals surface area contributed by atoms with E-state index in [9.17, 15) is 4.79 Å². The summed E-state index contributed by atoms with van der Waals surface area (Å²) in [5.41, 5.74) is 3.67. The maximum Gasteiger partial charge on any atom is 0.127 e. The topological polar surface area (TPSA) is 26.3 Å². The van der Waals surface area contributed by atoms with Crippen molar-refractivity contribution in [2.45, 2.75) is 38.5 Å². The number of carbonyl (C=O) groups is 1. The first kappa shape index (κ1) is 16.3. The highest BCUT2D eigenvalue weighted by atomic mass is 16.5. The van der Waals surface area contributed by atoms with Gasteiger partial charge in [0.1, 0.15) is 12.0 Å². The molecule has 2 heteroatoms. The minimum absolute atomic E-state index is 0.119. The van der Waals surface area contributed by atoms with E-state index in [4.69, 9.17) is 4.74 Å². The second-order valence-corrected chi connectivity index (χ2v) is 6.67. The van der Waals surface area contributed by atoms with E-state index >= 15 is 0 Å². The smallest absolute Gasteiger partial charge is 0.127 e. The van der Waals surface area contributed by atoms with Crippen LogP contribution in [0.25, 0.3) is 0 Å². The molecule has 0 saturated carbocycles. The molecule has 0 amide bonds. The largest absolute Gasteiger partial charge is 0.497 e. The van der Waals surface area contributed by atoms with Crippen molar-refractivity contribution in [1.29, 1.82) is 0 Å². The molecule has 2 rings (SSSR count). The molecule has 22 heavy (non-hydrogen) atoms. The standard InChI is InChI=1S/C20H24O2/c1-20(2,3)18-9-5-15(6-10-18)13-17(14-21)16-7-11-19(22-4)12-8-16/h5-12,14,17H,13H2,1-4H3. The van der Waals surface area contributed by atoms with E-state index in [-0.39, 0.29) is 11.3 Å². The molecule has 2 aromatic rings. The summed E-state index contributed by atoms with van der Waals surface area (Å²) in [6, 6.07) is 16.3. The fraction of sp³-hybridized carbons (Fsp3) is 0.350. The van der Waals surface area contributed by atoms with Gasteiger partial charge in [0, 0.05) is 5.92 Å². The highest BCUT2D eigenvalue weighted by molar-refractivity contribution is 5.63. The Morgan fingerprint density at radius 3 is 2.05 bits per heavy atom. The molecule has 1 unspecified atom stereocenters. The van der Waals surface area contributed by atoms with Crippen molar-refractivity contribution in [2.24, 2.45) is 0 Å². The molecule has 0 radical (unpaired) electrons. The van der Waals surface area contributed by atoms with E-state index in [0.717, 1.165) is 24.0 Å². The fourth-order valence-electron chi connectivity index (χ4n) is 2.49. The van der Waals surface area contributed by atoms with Gasteiger partial charge in [0.15, 0.2) is 0 Å². The van der Waals surface area contributed by atoms with Crippen LogP contribution >= 0.6 is 0 Å². The summed E-state index contributed by atoms with van der Waals surface area (Å²) in [5.74, 6) is 0.689. The summed E-state index contributed by atoms with van der Waals surface area (Å²) in [7, 11) is 1.64. The minimum Gasteiger partial charge on any atom is -0.497 e. The van der Waals surface area contributed by atoms with Crippen LogP contribution < -0.4 is 4.74 Å². The highest BCUT2D eigenvalue weighted by Crippen LogP contribution is 2.25. The zero-order valence-electron chi connectivity index (χ0n) is 13.8. The third-order valence-corrected chi connectivity index (χ3v) is 3.98. The molecule has 0 aliphatic rings. The van der Waals surface area contributed by atoms with Crippen LogP contribution in [0, 0.1) is 0 Å². The Labute approximate surface area is 133 Å². The van der Waals surface area contributed by atoms with Crippen LogP contribution in [0.4, 0.5) is 0 Å². The molecule has 0 saturated heterocycles. The van der Waals surface area contributed by atoms with Crippen LogP contribution in [0.2, 0.25) is 0 Å². The number of hydrogen-bond acceptors (Lipinski definition) is 2. The van der Waals surface area contributed by atoms with Crippen LogP contribution in [-0.2, 0) is 16.6 Å². The second kappa shape index (κ2) is 6.78. The molecule has 0 fully saturated rings. The Balaban J connectivity index is 2.14. The zero-order chi connectivity index (χ0) is 16.2. The summed E-state index contributed by atoms with van der Waals surface area (Å²) in [6.07, 6.45) is 1.75. The molecule has 0 aliphatic carbocycles. The molecule has 2 aromatic carbocycles. The second-order valence-electron chi connectivity index (χ2n) is 6.67. The summed E-state index contributed by atoms with van der Waals surface area (Å²) < 4.78 is 5.16. The van der Waals surface area contributed by atoms with Gasteiger partial charge in [-0.25, -0.2) is 0 Å². The van der Waals surface area contributed by atoms with Gasteiger partial charge in [0.25, 0.3) is 0 Å². The van der Waals surface area contributed by atoms with Crippen LogP contribution in [0.3, 0.4) is 0 Å². The summed E-state index contributed by atoms with van der Waals surface area (Å²) >= 11 is 0. The third kappa shape index (κ3) is 3.97. The summed E-state index contributed by atoms with van der Waals surface area (Å²) in [4.78, 5) is 11.5. The average Bonchev–Trinajstić information content (AvgIpc) is 2.52. The summed E-state index contributed by atoms with van der Waals surface area (Å²) in [6.45, 7) is 6.61. The molecule has 0 aromatic heterocycles. The van der Waals surface area contributed by atoms with Gasteiger partial charge in [-0.2, -0.15) is 0 Å². The first-order chi connectivity index (χ1) is 10.4. The van der Waals surface area contributed by atoms with Crippen LogP contribution in [-0.4, -0.2) is 13.4 Å². The van der Waals surface area contributed by atoms with Gasteiger partial charge in [-0.05, 0) is 40.7 Å². The van der Waals surface area contributed by atoms with Crippen molar-refractivity contribution in [2.75, 3.05) is 7.11 Å².